The maximum Gasteiger partial charge on any atom is 0.339 e. The number of carbonyl (C=O) groups excluding carboxylic acids is 2. The Kier molecular flexibility index (Phi) is 8.48. The van der Waals surface area contributed by atoms with Crippen molar-refractivity contribution in [2.45, 2.75) is 85.9 Å². The van der Waals surface area contributed by atoms with E-state index in [0.717, 1.165) is 11.1 Å². The largest absolute Gasteiger partial charge is 0.462 e. The van der Waals surface area contributed by atoms with Crippen LogP contribution >= 0.6 is 0 Å². The van der Waals surface area contributed by atoms with Gasteiger partial charge in [0, 0.05) is 0 Å². The first kappa shape index (κ1) is 24.4. The molecule has 0 bridgehead atoms. The Morgan fingerprint density at radius 1 is 0.786 bits per heavy atom. The van der Waals surface area contributed by atoms with Crippen molar-refractivity contribution in [1.82, 2.24) is 0 Å². The van der Waals surface area contributed by atoms with Gasteiger partial charge in [0.25, 0.3) is 0 Å². The standard InChI is InChI=1S/C23H38O4Si/c1-11-26-22(24)20-17(9)19(21(18(20)10)23(25)27-12-2)13-28(14(3)4,15(5)6)16(7)8/h13-16H,11-12H2,1-10H3/b19-13+. The first-order chi connectivity index (χ1) is 13.0. The molecular weight excluding hydrogens is 368 g/mol. The molecule has 4 nitrogen and oxygen atoms in total. The van der Waals surface area contributed by atoms with E-state index >= 15 is 0 Å². The Labute approximate surface area is 172 Å². The second-order valence-corrected chi connectivity index (χ2v) is 14.2. The van der Waals surface area contributed by atoms with Gasteiger partial charge in [-0.15, -0.1) is 0 Å². The molecule has 5 heteroatoms. The van der Waals surface area contributed by atoms with Crippen molar-refractivity contribution < 1.29 is 19.1 Å². The van der Waals surface area contributed by atoms with Crippen LogP contribution in [0.3, 0.4) is 0 Å². The van der Waals surface area contributed by atoms with E-state index in [0.29, 0.717) is 46.6 Å². The van der Waals surface area contributed by atoms with Crippen LogP contribution in [0.25, 0.3) is 0 Å². The smallest absolute Gasteiger partial charge is 0.339 e. The molecule has 0 heterocycles. The molecule has 1 rings (SSSR count). The average Bonchev–Trinajstić information content (AvgIpc) is 2.81. The lowest BCUT2D eigenvalue weighted by Gasteiger charge is -2.41. The summed E-state index contributed by atoms with van der Waals surface area (Å²) in [5, 5.41) is 0. The Morgan fingerprint density at radius 3 is 1.54 bits per heavy atom. The molecule has 28 heavy (non-hydrogen) atoms. The van der Waals surface area contributed by atoms with E-state index in [2.05, 4.69) is 47.2 Å². The minimum atomic E-state index is -1.95. The Balaban J connectivity index is 3.81. The summed E-state index contributed by atoms with van der Waals surface area (Å²) in [5.41, 5.74) is 7.29. The lowest BCUT2D eigenvalue weighted by Crippen LogP contribution is -2.43. The third kappa shape index (κ3) is 4.34. The summed E-state index contributed by atoms with van der Waals surface area (Å²) in [6.07, 6.45) is 0. The molecule has 0 saturated heterocycles. The highest BCUT2D eigenvalue weighted by Crippen LogP contribution is 2.47. The van der Waals surface area contributed by atoms with Crippen LogP contribution in [-0.4, -0.2) is 33.2 Å². The summed E-state index contributed by atoms with van der Waals surface area (Å²) < 4.78 is 10.6. The van der Waals surface area contributed by atoms with Crippen LogP contribution in [0.2, 0.25) is 16.6 Å². The van der Waals surface area contributed by atoms with Gasteiger partial charge in [-0.1, -0.05) is 47.2 Å². The van der Waals surface area contributed by atoms with Crippen LogP contribution < -0.4 is 0 Å². The molecule has 0 unspecified atom stereocenters. The van der Waals surface area contributed by atoms with Crippen molar-refractivity contribution in [2.75, 3.05) is 13.2 Å². The fourth-order valence-electron chi connectivity index (χ4n) is 4.84. The zero-order chi connectivity index (χ0) is 21.8. The van der Waals surface area contributed by atoms with Crippen LogP contribution in [0.15, 0.2) is 33.6 Å². The van der Waals surface area contributed by atoms with Gasteiger partial charge >= 0.3 is 11.9 Å². The van der Waals surface area contributed by atoms with Crippen molar-refractivity contribution in [1.29, 1.82) is 0 Å². The molecule has 0 saturated carbocycles. The number of esters is 2. The van der Waals surface area contributed by atoms with E-state index in [9.17, 15) is 9.59 Å². The lowest BCUT2D eigenvalue weighted by atomic mass is 10.1. The van der Waals surface area contributed by atoms with Crippen LogP contribution in [0, 0.1) is 0 Å². The van der Waals surface area contributed by atoms with Crippen molar-refractivity contribution >= 4 is 20.0 Å². The number of allylic oxidation sites excluding steroid dienone is 1. The molecular formula is C23H38O4Si. The van der Waals surface area contributed by atoms with Gasteiger partial charge in [-0.3, -0.25) is 0 Å². The monoisotopic (exact) mass is 406 g/mol. The molecule has 158 valence electrons. The second-order valence-electron chi connectivity index (χ2n) is 8.46. The Bertz CT molecular complexity index is 686. The Hall–Kier alpha value is -1.62. The molecule has 0 radical (unpaired) electrons. The average molecular weight is 407 g/mol. The highest BCUT2D eigenvalue weighted by Gasteiger charge is 2.43. The molecule has 1 aliphatic carbocycles. The first-order valence-electron chi connectivity index (χ1n) is 10.5. The number of rotatable bonds is 8. The van der Waals surface area contributed by atoms with E-state index in [1.54, 1.807) is 13.8 Å². The molecule has 0 spiro atoms. The van der Waals surface area contributed by atoms with Gasteiger partial charge in [0.1, 0.15) is 0 Å². The molecule has 0 aromatic rings. The second kappa shape index (κ2) is 9.73. The molecule has 0 aromatic heterocycles. The third-order valence-corrected chi connectivity index (χ3v) is 12.9. The third-order valence-electron chi connectivity index (χ3n) is 6.15. The molecule has 0 amide bonds. The van der Waals surface area contributed by atoms with Gasteiger partial charge in [0.05, 0.1) is 32.4 Å². The fourth-order valence-corrected chi connectivity index (χ4v) is 10.7. The fraction of sp³-hybridized carbons (Fsp3) is 0.652. The van der Waals surface area contributed by atoms with Crippen molar-refractivity contribution in [2.24, 2.45) is 0 Å². The molecule has 0 N–H and O–H groups in total. The first-order valence-corrected chi connectivity index (χ1v) is 12.8. The predicted molar refractivity (Wildman–Crippen MR) is 118 cm³/mol. The summed E-state index contributed by atoms with van der Waals surface area (Å²) in [6, 6.07) is 0. The van der Waals surface area contributed by atoms with Gasteiger partial charge in [-0.2, -0.15) is 0 Å². The van der Waals surface area contributed by atoms with Crippen molar-refractivity contribution in [3.05, 3.63) is 33.6 Å². The van der Waals surface area contributed by atoms with Crippen LogP contribution in [-0.2, 0) is 19.1 Å². The van der Waals surface area contributed by atoms with Gasteiger partial charge in [0.2, 0.25) is 0 Å². The molecule has 0 aromatic carbocycles. The molecule has 1 aliphatic rings. The normalized spacial score (nSPS) is 16.8. The van der Waals surface area contributed by atoms with Gasteiger partial charge in [-0.05, 0) is 61.0 Å². The maximum absolute atomic E-state index is 12.8. The van der Waals surface area contributed by atoms with Crippen LogP contribution in [0.4, 0.5) is 0 Å². The highest BCUT2D eigenvalue weighted by atomic mass is 28.3. The van der Waals surface area contributed by atoms with Gasteiger partial charge in [-0.25, -0.2) is 9.59 Å². The molecule has 0 fully saturated rings. The van der Waals surface area contributed by atoms with Crippen LogP contribution in [0.5, 0.6) is 0 Å². The van der Waals surface area contributed by atoms with E-state index in [4.69, 9.17) is 9.47 Å². The van der Waals surface area contributed by atoms with Gasteiger partial charge in [0.15, 0.2) is 0 Å². The zero-order valence-corrected chi connectivity index (χ0v) is 20.4. The highest BCUT2D eigenvalue weighted by molar-refractivity contribution is 6.88. The van der Waals surface area contributed by atoms with Crippen molar-refractivity contribution in [3.8, 4) is 0 Å². The molecule has 0 aliphatic heterocycles. The van der Waals surface area contributed by atoms with Crippen molar-refractivity contribution in [3.63, 3.8) is 0 Å². The minimum Gasteiger partial charge on any atom is -0.462 e. The number of carbonyl (C=O) groups is 2. The summed E-state index contributed by atoms with van der Waals surface area (Å²) in [7, 11) is -1.95. The van der Waals surface area contributed by atoms with E-state index < -0.39 is 8.07 Å². The Morgan fingerprint density at radius 2 is 1.18 bits per heavy atom. The number of hydrogen-bond acceptors (Lipinski definition) is 4. The summed E-state index contributed by atoms with van der Waals surface area (Å²) in [5.74, 6) is -0.724. The zero-order valence-electron chi connectivity index (χ0n) is 19.4. The number of hydrogen-bond donors (Lipinski definition) is 0. The quantitative estimate of drug-likeness (QED) is 0.372. The van der Waals surface area contributed by atoms with E-state index in [-0.39, 0.29) is 11.9 Å². The van der Waals surface area contributed by atoms with Gasteiger partial charge < -0.3 is 9.47 Å². The maximum atomic E-state index is 12.8. The lowest BCUT2D eigenvalue weighted by molar-refractivity contribution is -0.138. The number of ether oxygens (including phenoxy) is 2. The summed E-state index contributed by atoms with van der Waals surface area (Å²) in [6.45, 7) is 21.6. The minimum absolute atomic E-state index is 0.303. The SMILES string of the molecule is CCOC(=O)C1=C(C)/C(=C\[Si](C(C)C)(C(C)C)C(C)C)C(C(=O)OCC)=C1C. The topological polar surface area (TPSA) is 52.6 Å². The summed E-state index contributed by atoms with van der Waals surface area (Å²) in [4.78, 5) is 25.5. The van der Waals surface area contributed by atoms with Crippen LogP contribution in [0.1, 0.15) is 69.2 Å². The van der Waals surface area contributed by atoms with E-state index in [1.165, 1.54) is 0 Å². The predicted octanol–water partition coefficient (Wildman–Crippen LogP) is 5.90. The summed E-state index contributed by atoms with van der Waals surface area (Å²) >= 11 is 0. The molecule has 0 atom stereocenters. The van der Waals surface area contributed by atoms with E-state index in [1.807, 2.05) is 13.8 Å².